The summed E-state index contributed by atoms with van der Waals surface area (Å²) in [6.45, 7) is 5.87. The van der Waals surface area contributed by atoms with Crippen molar-refractivity contribution in [2.75, 3.05) is 19.8 Å². The molecule has 0 aliphatic rings. The zero-order valence-corrected chi connectivity index (χ0v) is 10.2. The summed E-state index contributed by atoms with van der Waals surface area (Å²) < 4.78 is 26.3. The van der Waals surface area contributed by atoms with Gasteiger partial charge in [0.1, 0.15) is 0 Å². The third kappa shape index (κ3) is 6.44. The molecular weight excluding hydrogens is 219 g/mol. The van der Waals surface area contributed by atoms with Crippen molar-refractivity contribution in [3.63, 3.8) is 0 Å². The molecule has 15 heavy (non-hydrogen) atoms. The molecule has 0 unspecified atom stereocenters. The molecule has 0 aliphatic carbocycles. The number of hydrogen-bond acceptors (Lipinski definition) is 5. The van der Waals surface area contributed by atoms with Crippen LogP contribution in [-0.4, -0.2) is 25.8 Å². The minimum Gasteiger partial charge on any atom is -0.463 e. The third-order valence-corrected chi connectivity index (χ3v) is 3.05. The van der Waals surface area contributed by atoms with Gasteiger partial charge in [0.15, 0.2) is 0 Å². The van der Waals surface area contributed by atoms with Gasteiger partial charge in [0.2, 0.25) is 0 Å². The zero-order valence-electron chi connectivity index (χ0n) is 9.26. The summed E-state index contributed by atoms with van der Waals surface area (Å²) in [4.78, 5) is 11.0. The Balaban J connectivity index is 4.39. The fourth-order valence-electron chi connectivity index (χ4n) is 0.826. The lowest BCUT2D eigenvalue weighted by molar-refractivity contribution is -0.137. The first kappa shape index (κ1) is 14.4. The van der Waals surface area contributed by atoms with Crippen LogP contribution in [0.4, 0.5) is 0 Å². The van der Waals surface area contributed by atoms with Crippen LogP contribution in [0.2, 0.25) is 0 Å². The molecule has 0 rings (SSSR count). The van der Waals surface area contributed by atoms with E-state index in [1.807, 2.05) is 0 Å². The predicted molar refractivity (Wildman–Crippen MR) is 56.6 cm³/mol. The van der Waals surface area contributed by atoms with Gasteiger partial charge in [-0.25, -0.2) is 4.79 Å². The Morgan fingerprint density at radius 3 is 2.07 bits per heavy atom. The average Bonchev–Trinajstić information content (AvgIpc) is 2.16. The van der Waals surface area contributed by atoms with Crippen molar-refractivity contribution in [3.05, 3.63) is 11.9 Å². The molecule has 0 amide bonds. The molecule has 0 aromatic heterocycles. The Hall–Kier alpha value is -0.640. The zero-order chi connectivity index (χ0) is 11.7. The summed E-state index contributed by atoms with van der Waals surface area (Å²) in [6, 6.07) is 0. The van der Waals surface area contributed by atoms with E-state index in [2.05, 4.69) is 4.74 Å². The van der Waals surface area contributed by atoms with Gasteiger partial charge in [0.25, 0.3) is 0 Å². The van der Waals surface area contributed by atoms with Crippen LogP contribution in [0.3, 0.4) is 0 Å². The Bertz CT molecular complexity index is 251. The second-order valence-electron chi connectivity index (χ2n) is 2.44. The van der Waals surface area contributed by atoms with Crippen molar-refractivity contribution in [1.29, 1.82) is 0 Å². The van der Waals surface area contributed by atoms with Gasteiger partial charge >= 0.3 is 13.6 Å². The average molecular weight is 236 g/mol. The smallest absolute Gasteiger partial charge is 0.354 e. The summed E-state index contributed by atoms with van der Waals surface area (Å²) in [5, 5.41) is 0. The first-order valence-electron chi connectivity index (χ1n) is 4.82. The number of carbonyl (C=O) groups excluding carboxylic acids is 1. The maximum atomic E-state index is 11.8. The predicted octanol–water partition coefficient (Wildman–Crippen LogP) is 2.33. The van der Waals surface area contributed by atoms with E-state index >= 15 is 0 Å². The highest BCUT2D eigenvalue weighted by molar-refractivity contribution is 7.57. The topological polar surface area (TPSA) is 61.8 Å². The SMILES string of the molecule is CCOC(=O)/C=C/P(=O)(OCC)OCC. The van der Waals surface area contributed by atoms with Gasteiger partial charge in [-0.2, -0.15) is 0 Å². The van der Waals surface area contributed by atoms with Gasteiger partial charge in [-0.05, 0) is 20.8 Å². The van der Waals surface area contributed by atoms with E-state index in [-0.39, 0.29) is 19.8 Å². The quantitative estimate of drug-likeness (QED) is 0.385. The van der Waals surface area contributed by atoms with Gasteiger partial charge in [0, 0.05) is 11.9 Å². The summed E-state index contributed by atoms with van der Waals surface area (Å²) >= 11 is 0. The number of carbonyl (C=O) groups is 1. The van der Waals surface area contributed by atoms with Crippen LogP contribution in [0, 0.1) is 0 Å². The molecule has 0 aromatic carbocycles. The van der Waals surface area contributed by atoms with Gasteiger partial charge < -0.3 is 13.8 Å². The van der Waals surface area contributed by atoms with Crippen LogP contribution < -0.4 is 0 Å². The van der Waals surface area contributed by atoms with Crippen molar-refractivity contribution in [3.8, 4) is 0 Å². The van der Waals surface area contributed by atoms with E-state index in [1.165, 1.54) is 0 Å². The maximum Gasteiger partial charge on any atom is 0.354 e. The largest absolute Gasteiger partial charge is 0.463 e. The summed E-state index contributed by atoms with van der Waals surface area (Å²) in [5.74, 6) is 0.565. The molecule has 0 aliphatic heterocycles. The van der Waals surface area contributed by atoms with E-state index < -0.39 is 13.6 Å². The van der Waals surface area contributed by atoms with Crippen molar-refractivity contribution >= 4 is 13.6 Å². The van der Waals surface area contributed by atoms with Crippen LogP contribution >= 0.6 is 7.60 Å². The molecule has 0 saturated carbocycles. The molecule has 0 atom stereocenters. The Morgan fingerprint density at radius 1 is 1.13 bits per heavy atom. The molecule has 0 aromatic rings. The van der Waals surface area contributed by atoms with E-state index in [0.29, 0.717) is 0 Å². The number of hydrogen-bond donors (Lipinski definition) is 0. The first-order valence-corrected chi connectivity index (χ1v) is 6.44. The van der Waals surface area contributed by atoms with Gasteiger partial charge in [-0.3, -0.25) is 4.57 Å². The van der Waals surface area contributed by atoms with Crippen LogP contribution in [0.25, 0.3) is 0 Å². The van der Waals surface area contributed by atoms with E-state index in [9.17, 15) is 9.36 Å². The lowest BCUT2D eigenvalue weighted by Crippen LogP contribution is -2.00. The molecule has 5 nitrogen and oxygen atoms in total. The summed E-state index contributed by atoms with van der Waals surface area (Å²) in [5.41, 5.74) is 0. The van der Waals surface area contributed by atoms with Gasteiger partial charge in [-0.1, -0.05) is 0 Å². The number of esters is 1. The minimum absolute atomic E-state index is 0.254. The minimum atomic E-state index is -3.28. The van der Waals surface area contributed by atoms with Crippen molar-refractivity contribution in [1.82, 2.24) is 0 Å². The molecule has 88 valence electrons. The van der Waals surface area contributed by atoms with Crippen molar-refractivity contribution in [2.45, 2.75) is 20.8 Å². The van der Waals surface area contributed by atoms with Crippen LogP contribution in [0.1, 0.15) is 20.8 Å². The van der Waals surface area contributed by atoms with Crippen LogP contribution in [0.5, 0.6) is 0 Å². The molecular formula is C9H17O5P. The maximum absolute atomic E-state index is 11.8. The van der Waals surface area contributed by atoms with Gasteiger partial charge in [-0.15, -0.1) is 0 Å². The third-order valence-electron chi connectivity index (χ3n) is 1.30. The highest BCUT2D eigenvalue weighted by Gasteiger charge is 2.19. The van der Waals surface area contributed by atoms with Crippen LogP contribution in [-0.2, 0) is 23.1 Å². The fourth-order valence-corrected chi connectivity index (χ4v) is 2.10. The highest BCUT2D eigenvalue weighted by Crippen LogP contribution is 2.49. The van der Waals surface area contributed by atoms with E-state index in [4.69, 9.17) is 9.05 Å². The molecule has 0 saturated heterocycles. The number of ether oxygens (including phenoxy) is 1. The van der Waals surface area contributed by atoms with Gasteiger partial charge in [0.05, 0.1) is 19.8 Å². The highest BCUT2D eigenvalue weighted by atomic mass is 31.2. The molecule has 0 heterocycles. The lowest BCUT2D eigenvalue weighted by atomic mass is 10.6. The second-order valence-corrected chi connectivity index (χ2v) is 4.34. The molecule has 0 spiro atoms. The fraction of sp³-hybridized carbons (Fsp3) is 0.667. The Morgan fingerprint density at radius 2 is 1.67 bits per heavy atom. The van der Waals surface area contributed by atoms with Crippen molar-refractivity contribution < 1.29 is 23.1 Å². The molecule has 0 radical (unpaired) electrons. The summed E-state index contributed by atoms with van der Waals surface area (Å²) in [6.07, 6.45) is 1.07. The lowest BCUT2D eigenvalue weighted by Gasteiger charge is -2.12. The molecule has 0 fully saturated rings. The molecule has 0 bridgehead atoms. The summed E-state index contributed by atoms with van der Waals surface area (Å²) in [7, 11) is -3.28. The van der Waals surface area contributed by atoms with Crippen LogP contribution in [0.15, 0.2) is 11.9 Å². The standard InChI is InChI=1S/C9H17O5P/c1-4-12-9(10)7-8-15(11,13-5-2)14-6-3/h7-8H,4-6H2,1-3H3/b8-7+. The molecule has 0 N–H and O–H groups in total. The first-order chi connectivity index (χ1) is 7.08. The van der Waals surface area contributed by atoms with Crippen molar-refractivity contribution in [2.24, 2.45) is 0 Å². The molecule has 6 heteroatoms. The number of rotatable bonds is 7. The second kappa shape index (κ2) is 7.63. The normalized spacial score (nSPS) is 11.9. The van der Waals surface area contributed by atoms with E-state index in [1.54, 1.807) is 20.8 Å². The Labute approximate surface area is 89.9 Å². The van der Waals surface area contributed by atoms with E-state index in [0.717, 1.165) is 11.9 Å². The monoisotopic (exact) mass is 236 g/mol. The Kier molecular flexibility index (Phi) is 7.30.